The third-order valence-corrected chi connectivity index (χ3v) is 9.47. The van der Waals surface area contributed by atoms with Gasteiger partial charge in [0.25, 0.3) is 0 Å². The summed E-state index contributed by atoms with van der Waals surface area (Å²) < 4.78 is 20.9. The topological polar surface area (TPSA) is 48.5 Å². The lowest BCUT2D eigenvalue weighted by Gasteiger charge is -2.13. The van der Waals surface area contributed by atoms with Gasteiger partial charge in [-0.3, -0.25) is 4.57 Å². The molecule has 0 aliphatic carbocycles. The van der Waals surface area contributed by atoms with Crippen molar-refractivity contribution in [1.29, 1.82) is 0 Å². The van der Waals surface area contributed by atoms with E-state index in [1.165, 1.54) is 0 Å². The van der Waals surface area contributed by atoms with Gasteiger partial charge in [-0.2, -0.15) is 9.97 Å². The number of para-hydroxylation sites is 4. The van der Waals surface area contributed by atoms with Crippen LogP contribution in [0.3, 0.4) is 0 Å². The van der Waals surface area contributed by atoms with Gasteiger partial charge in [0.2, 0.25) is 5.95 Å². The molecular weight excluding hydrogens is 611 g/mol. The van der Waals surface area contributed by atoms with Crippen LogP contribution in [0.2, 0.25) is 0 Å². The van der Waals surface area contributed by atoms with Crippen LogP contribution < -0.4 is 0 Å². The highest BCUT2D eigenvalue weighted by atomic mass is 15.2. The summed E-state index contributed by atoms with van der Waals surface area (Å²) in [6.45, 7) is 0. The van der Waals surface area contributed by atoms with Crippen molar-refractivity contribution >= 4 is 43.6 Å². The van der Waals surface area contributed by atoms with Crippen LogP contribution in [0.15, 0.2) is 176 Å². The summed E-state index contributed by atoms with van der Waals surface area (Å²) in [5, 5.41) is 4.15. The summed E-state index contributed by atoms with van der Waals surface area (Å²) in [6.07, 6.45) is 0. The Balaban J connectivity index is 1.19. The summed E-state index contributed by atoms with van der Waals surface area (Å²) in [6, 6.07) is 55.9. The zero-order chi connectivity index (χ0) is 34.8. The third kappa shape index (κ3) is 4.52. The van der Waals surface area contributed by atoms with Crippen LogP contribution in [0, 0.1) is 0 Å². The van der Waals surface area contributed by atoms with E-state index in [-0.39, 0.29) is 0 Å². The summed E-state index contributed by atoms with van der Waals surface area (Å²) >= 11 is 0. The lowest BCUT2D eigenvalue weighted by molar-refractivity contribution is 0.953. The SMILES string of the molecule is [2H]c1ccc2c(c1)c1cc([2H])ccc1n2-c1cccc(-c2nc(-c3ccc(-c4ccccc4)cc3)nc(-n3c4ccccc4c4ccccc43)n2)c1. The number of aromatic nitrogens is 5. The summed E-state index contributed by atoms with van der Waals surface area (Å²) in [4.78, 5) is 15.5. The first-order valence-electron chi connectivity index (χ1n) is 17.6. The van der Waals surface area contributed by atoms with Crippen LogP contribution in [0.5, 0.6) is 0 Å². The normalized spacial score (nSPS) is 12.2. The van der Waals surface area contributed by atoms with Gasteiger partial charge in [0, 0.05) is 38.4 Å². The standard InChI is InChI=1S/C45H29N5/c1-2-13-30(14-3-1)31-25-27-32(28-26-31)43-46-44(48-45(47-43)50-41-23-10-6-19-37(41)38-20-7-11-24-42(38)50)33-15-12-16-34(29-33)49-39-21-8-4-17-35(39)36-18-5-9-22-40(36)49/h1-29H/i4D,5D. The van der Waals surface area contributed by atoms with E-state index in [1.54, 1.807) is 0 Å². The minimum absolute atomic E-state index is 0.433. The number of hydrogen-bond acceptors (Lipinski definition) is 3. The molecule has 0 saturated carbocycles. The fourth-order valence-electron chi connectivity index (χ4n) is 7.16. The van der Waals surface area contributed by atoms with Crippen molar-refractivity contribution < 1.29 is 2.74 Å². The van der Waals surface area contributed by atoms with Crippen molar-refractivity contribution in [1.82, 2.24) is 24.1 Å². The second-order valence-corrected chi connectivity index (χ2v) is 12.4. The molecule has 0 bridgehead atoms. The van der Waals surface area contributed by atoms with E-state index in [4.69, 9.17) is 17.7 Å². The highest BCUT2D eigenvalue weighted by Gasteiger charge is 2.19. The lowest BCUT2D eigenvalue weighted by Crippen LogP contribution is -2.06. The Hall–Kier alpha value is -6.85. The maximum absolute atomic E-state index is 8.31. The zero-order valence-electron chi connectivity index (χ0n) is 28.8. The van der Waals surface area contributed by atoms with E-state index in [1.807, 2.05) is 78.9 Å². The molecule has 0 fully saturated rings. The molecular formula is C45H29N5. The van der Waals surface area contributed by atoms with Crippen molar-refractivity contribution in [2.45, 2.75) is 0 Å². The van der Waals surface area contributed by atoms with Crippen molar-refractivity contribution in [3.63, 3.8) is 0 Å². The molecule has 0 saturated heterocycles. The number of nitrogens with zero attached hydrogens (tertiary/aromatic N) is 5. The quantitative estimate of drug-likeness (QED) is 0.188. The first-order chi connectivity index (χ1) is 25.6. The molecule has 10 rings (SSSR count). The fourth-order valence-corrected chi connectivity index (χ4v) is 7.16. The number of fused-ring (bicyclic) bond motifs is 6. The van der Waals surface area contributed by atoms with Gasteiger partial charge in [-0.05, 0) is 47.5 Å². The van der Waals surface area contributed by atoms with Gasteiger partial charge in [0.15, 0.2) is 11.6 Å². The van der Waals surface area contributed by atoms with E-state index in [0.29, 0.717) is 29.7 Å². The third-order valence-electron chi connectivity index (χ3n) is 9.47. The molecule has 5 heteroatoms. The summed E-state index contributed by atoms with van der Waals surface area (Å²) in [5.74, 6) is 1.67. The average molecular weight is 642 g/mol. The van der Waals surface area contributed by atoms with Gasteiger partial charge in [-0.15, -0.1) is 0 Å². The van der Waals surface area contributed by atoms with Gasteiger partial charge in [-0.25, -0.2) is 4.98 Å². The van der Waals surface area contributed by atoms with Crippen molar-refractivity contribution in [3.8, 4) is 45.5 Å². The first-order valence-corrected chi connectivity index (χ1v) is 16.6. The maximum atomic E-state index is 8.31. The minimum Gasteiger partial charge on any atom is -0.309 e. The Bertz CT molecular complexity index is 2870. The molecule has 0 radical (unpaired) electrons. The molecule has 3 aromatic heterocycles. The summed E-state index contributed by atoms with van der Waals surface area (Å²) in [7, 11) is 0. The Morgan fingerprint density at radius 3 is 1.50 bits per heavy atom. The van der Waals surface area contributed by atoms with E-state index >= 15 is 0 Å². The monoisotopic (exact) mass is 641 g/mol. The van der Waals surface area contributed by atoms with E-state index in [2.05, 4.69) is 94.1 Å². The van der Waals surface area contributed by atoms with Crippen molar-refractivity contribution in [2.75, 3.05) is 0 Å². The van der Waals surface area contributed by atoms with Gasteiger partial charge in [0.05, 0.1) is 24.8 Å². The van der Waals surface area contributed by atoms with Crippen LogP contribution in [0.25, 0.3) is 89.2 Å². The van der Waals surface area contributed by atoms with Gasteiger partial charge in [0.1, 0.15) is 0 Å². The molecule has 0 N–H and O–H groups in total. The zero-order valence-corrected chi connectivity index (χ0v) is 26.8. The van der Waals surface area contributed by atoms with Crippen LogP contribution in [-0.2, 0) is 0 Å². The molecule has 234 valence electrons. The molecule has 0 amide bonds. The predicted octanol–water partition coefficient (Wildman–Crippen LogP) is 11.1. The summed E-state index contributed by atoms with van der Waals surface area (Å²) in [5.41, 5.74) is 8.91. The minimum atomic E-state index is 0.433. The van der Waals surface area contributed by atoms with Crippen LogP contribution in [0.4, 0.5) is 0 Å². The Morgan fingerprint density at radius 1 is 0.360 bits per heavy atom. The maximum Gasteiger partial charge on any atom is 0.238 e. The number of hydrogen-bond donors (Lipinski definition) is 0. The van der Waals surface area contributed by atoms with Crippen molar-refractivity contribution in [2.24, 2.45) is 0 Å². The molecule has 5 nitrogen and oxygen atoms in total. The molecule has 7 aromatic carbocycles. The van der Waals surface area contributed by atoms with Gasteiger partial charge >= 0.3 is 0 Å². The number of rotatable bonds is 5. The molecule has 0 atom stereocenters. The highest BCUT2D eigenvalue weighted by molar-refractivity contribution is 6.10. The molecule has 0 unspecified atom stereocenters. The van der Waals surface area contributed by atoms with Crippen LogP contribution in [0.1, 0.15) is 2.74 Å². The lowest BCUT2D eigenvalue weighted by atomic mass is 10.0. The van der Waals surface area contributed by atoms with Gasteiger partial charge in [-0.1, -0.05) is 139 Å². The molecule has 0 aliphatic rings. The second-order valence-electron chi connectivity index (χ2n) is 12.4. The van der Waals surface area contributed by atoms with E-state index in [9.17, 15) is 0 Å². The first kappa shape index (κ1) is 26.1. The van der Waals surface area contributed by atoms with Crippen LogP contribution in [-0.4, -0.2) is 24.1 Å². The van der Waals surface area contributed by atoms with Crippen LogP contribution >= 0.6 is 0 Å². The average Bonchev–Trinajstić information content (AvgIpc) is 3.70. The van der Waals surface area contributed by atoms with Gasteiger partial charge < -0.3 is 4.57 Å². The second kappa shape index (κ2) is 11.4. The molecule has 50 heavy (non-hydrogen) atoms. The van der Waals surface area contributed by atoms with E-state index in [0.717, 1.165) is 71.6 Å². The molecule has 10 aromatic rings. The highest BCUT2D eigenvalue weighted by Crippen LogP contribution is 2.35. The Labute approximate surface area is 291 Å². The largest absolute Gasteiger partial charge is 0.309 e. The molecule has 0 spiro atoms. The fraction of sp³-hybridized carbons (Fsp3) is 0. The predicted molar refractivity (Wildman–Crippen MR) is 205 cm³/mol. The van der Waals surface area contributed by atoms with E-state index < -0.39 is 0 Å². The Morgan fingerprint density at radius 2 is 0.840 bits per heavy atom. The number of benzene rings is 7. The van der Waals surface area contributed by atoms with Crippen molar-refractivity contribution in [3.05, 3.63) is 176 Å². The Kier molecular flexibility index (Phi) is 5.96. The smallest absolute Gasteiger partial charge is 0.238 e. The molecule has 0 aliphatic heterocycles. The molecule has 3 heterocycles.